The monoisotopic (exact) mass is 277 g/mol. The summed E-state index contributed by atoms with van der Waals surface area (Å²) in [6.45, 7) is 6.11. The van der Waals surface area contributed by atoms with Crippen LogP contribution in [0.25, 0.3) is 6.08 Å². The Labute approximate surface area is 120 Å². The van der Waals surface area contributed by atoms with E-state index in [1.165, 1.54) is 0 Å². The highest BCUT2D eigenvalue weighted by atomic mass is 16.6. The quantitative estimate of drug-likeness (QED) is 0.813. The van der Waals surface area contributed by atoms with Gasteiger partial charge in [-0.1, -0.05) is 36.4 Å². The van der Waals surface area contributed by atoms with E-state index in [0.29, 0.717) is 6.54 Å². The zero-order chi connectivity index (χ0) is 15.0. The molecule has 2 N–H and O–H groups in total. The average molecular weight is 277 g/mol. The van der Waals surface area contributed by atoms with Crippen LogP contribution < -0.4 is 5.32 Å². The lowest BCUT2D eigenvalue weighted by Crippen LogP contribution is -2.32. The first kappa shape index (κ1) is 16.2. The number of ether oxygens (including phenoxy) is 1. The van der Waals surface area contributed by atoms with Gasteiger partial charge < -0.3 is 15.2 Å². The second-order valence-electron chi connectivity index (χ2n) is 5.52. The van der Waals surface area contributed by atoms with Crippen LogP contribution in [0.5, 0.6) is 0 Å². The van der Waals surface area contributed by atoms with E-state index in [4.69, 9.17) is 9.84 Å². The SMILES string of the molecule is CC(C)(C)OC(=O)NCCC=Cc1ccc(CO)cc1. The molecule has 0 spiro atoms. The third-order valence-corrected chi connectivity index (χ3v) is 2.45. The van der Waals surface area contributed by atoms with Crippen LogP contribution in [0.3, 0.4) is 0 Å². The Hall–Kier alpha value is -1.81. The van der Waals surface area contributed by atoms with Crippen molar-refractivity contribution in [3.05, 3.63) is 41.5 Å². The topological polar surface area (TPSA) is 58.6 Å². The summed E-state index contributed by atoms with van der Waals surface area (Å²) < 4.78 is 5.13. The van der Waals surface area contributed by atoms with E-state index in [0.717, 1.165) is 17.5 Å². The molecule has 0 aromatic heterocycles. The third-order valence-electron chi connectivity index (χ3n) is 2.45. The van der Waals surface area contributed by atoms with Gasteiger partial charge in [-0.2, -0.15) is 0 Å². The maximum atomic E-state index is 11.4. The van der Waals surface area contributed by atoms with Crippen molar-refractivity contribution in [3.8, 4) is 0 Å². The van der Waals surface area contributed by atoms with Crippen molar-refractivity contribution in [2.45, 2.75) is 39.4 Å². The first-order chi connectivity index (χ1) is 9.40. The van der Waals surface area contributed by atoms with Crippen LogP contribution in [-0.4, -0.2) is 23.3 Å². The average Bonchev–Trinajstić information content (AvgIpc) is 2.37. The standard InChI is InChI=1S/C16H23NO3/c1-16(2,3)20-15(19)17-11-5-4-6-13-7-9-14(12-18)10-8-13/h4,6-10,18H,5,11-12H2,1-3H3,(H,17,19). The molecular formula is C16H23NO3. The van der Waals surface area contributed by atoms with Crippen molar-refractivity contribution in [3.63, 3.8) is 0 Å². The second-order valence-corrected chi connectivity index (χ2v) is 5.52. The number of hydrogen-bond donors (Lipinski definition) is 2. The van der Waals surface area contributed by atoms with Gasteiger partial charge in [-0.15, -0.1) is 0 Å². The van der Waals surface area contributed by atoms with E-state index < -0.39 is 11.7 Å². The van der Waals surface area contributed by atoms with Gasteiger partial charge >= 0.3 is 6.09 Å². The number of carbonyl (C=O) groups is 1. The molecule has 0 saturated carbocycles. The first-order valence-electron chi connectivity index (χ1n) is 6.74. The summed E-state index contributed by atoms with van der Waals surface area (Å²) in [5, 5.41) is 11.6. The number of hydrogen-bond acceptors (Lipinski definition) is 3. The van der Waals surface area contributed by atoms with E-state index in [9.17, 15) is 4.79 Å². The molecule has 0 fully saturated rings. The number of rotatable bonds is 5. The van der Waals surface area contributed by atoms with Gasteiger partial charge in [0.1, 0.15) is 5.60 Å². The van der Waals surface area contributed by atoms with E-state index in [2.05, 4.69) is 5.32 Å². The van der Waals surface area contributed by atoms with Crippen molar-refractivity contribution in [1.29, 1.82) is 0 Å². The smallest absolute Gasteiger partial charge is 0.407 e. The Morgan fingerprint density at radius 3 is 2.50 bits per heavy atom. The predicted molar refractivity (Wildman–Crippen MR) is 80.3 cm³/mol. The number of alkyl carbamates (subject to hydrolysis) is 1. The highest BCUT2D eigenvalue weighted by Crippen LogP contribution is 2.07. The van der Waals surface area contributed by atoms with E-state index in [1.54, 1.807) is 0 Å². The zero-order valence-corrected chi connectivity index (χ0v) is 12.3. The molecule has 0 atom stereocenters. The fourth-order valence-electron chi connectivity index (χ4n) is 1.53. The predicted octanol–water partition coefficient (Wildman–Crippen LogP) is 3.11. The molecule has 0 unspecified atom stereocenters. The lowest BCUT2D eigenvalue weighted by atomic mass is 10.1. The second kappa shape index (κ2) is 7.70. The molecule has 0 aliphatic rings. The molecule has 110 valence electrons. The lowest BCUT2D eigenvalue weighted by Gasteiger charge is -2.19. The van der Waals surface area contributed by atoms with Gasteiger partial charge in [0.25, 0.3) is 0 Å². The number of amides is 1. The fraction of sp³-hybridized carbons (Fsp3) is 0.438. The van der Waals surface area contributed by atoms with Crippen molar-refractivity contribution < 1.29 is 14.6 Å². The zero-order valence-electron chi connectivity index (χ0n) is 12.3. The highest BCUT2D eigenvalue weighted by Gasteiger charge is 2.14. The molecule has 0 heterocycles. The lowest BCUT2D eigenvalue weighted by molar-refractivity contribution is 0.0529. The molecule has 0 aliphatic carbocycles. The molecule has 1 aromatic carbocycles. The van der Waals surface area contributed by atoms with Crippen LogP contribution in [0, 0.1) is 0 Å². The van der Waals surface area contributed by atoms with Gasteiger partial charge in [0.05, 0.1) is 6.61 Å². The minimum absolute atomic E-state index is 0.0593. The number of aliphatic hydroxyl groups is 1. The van der Waals surface area contributed by atoms with Crippen molar-refractivity contribution in [2.75, 3.05) is 6.54 Å². The molecule has 4 heteroatoms. The Balaban J connectivity index is 2.26. The van der Waals surface area contributed by atoms with Gasteiger partial charge in [0.15, 0.2) is 0 Å². The highest BCUT2D eigenvalue weighted by molar-refractivity contribution is 5.67. The summed E-state index contributed by atoms with van der Waals surface area (Å²) in [4.78, 5) is 11.4. The van der Waals surface area contributed by atoms with E-state index in [1.807, 2.05) is 57.2 Å². The van der Waals surface area contributed by atoms with Crippen LogP contribution in [0.15, 0.2) is 30.3 Å². The molecule has 0 aliphatic heterocycles. The van der Waals surface area contributed by atoms with Crippen LogP contribution in [0.4, 0.5) is 4.79 Å². The van der Waals surface area contributed by atoms with Gasteiger partial charge in [0.2, 0.25) is 0 Å². The van der Waals surface area contributed by atoms with E-state index >= 15 is 0 Å². The number of carbonyl (C=O) groups excluding carboxylic acids is 1. The molecule has 0 bridgehead atoms. The normalized spacial score (nSPS) is 11.6. The number of nitrogens with one attached hydrogen (secondary N) is 1. The van der Waals surface area contributed by atoms with Gasteiger partial charge in [-0.25, -0.2) is 4.79 Å². The molecule has 1 aromatic rings. The molecule has 0 radical (unpaired) electrons. The maximum Gasteiger partial charge on any atom is 0.407 e. The van der Waals surface area contributed by atoms with Gasteiger partial charge in [-0.3, -0.25) is 0 Å². The molecular weight excluding hydrogens is 254 g/mol. The summed E-state index contributed by atoms with van der Waals surface area (Å²) in [6.07, 6.45) is 4.32. The summed E-state index contributed by atoms with van der Waals surface area (Å²) in [5.74, 6) is 0. The Morgan fingerprint density at radius 1 is 1.30 bits per heavy atom. The fourth-order valence-corrected chi connectivity index (χ4v) is 1.53. The largest absolute Gasteiger partial charge is 0.444 e. The van der Waals surface area contributed by atoms with Gasteiger partial charge in [-0.05, 0) is 38.3 Å². The molecule has 20 heavy (non-hydrogen) atoms. The van der Waals surface area contributed by atoms with Crippen LogP contribution in [0.2, 0.25) is 0 Å². The van der Waals surface area contributed by atoms with Gasteiger partial charge in [0, 0.05) is 6.54 Å². The minimum atomic E-state index is -0.464. The number of aliphatic hydroxyl groups excluding tert-OH is 1. The van der Waals surface area contributed by atoms with Crippen LogP contribution in [0.1, 0.15) is 38.3 Å². The summed E-state index contributed by atoms with van der Waals surface area (Å²) >= 11 is 0. The Kier molecular flexibility index (Phi) is 6.25. The maximum absolute atomic E-state index is 11.4. The Morgan fingerprint density at radius 2 is 1.95 bits per heavy atom. The van der Waals surface area contributed by atoms with Crippen LogP contribution >= 0.6 is 0 Å². The molecule has 4 nitrogen and oxygen atoms in total. The molecule has 1 rings (SSSR count). The molecule has 0 saturated heterocycles. The van der Waals surface area contributed by atoms with Crippen molar-refractivity contribution >= 4 is 12.2 Å². The molecule has 1 amide bonds. The van der Waals surface area contributed by atoms with Crippen LogP contribution in [-0.2, 0) is 11.3 Å². The van der Waals surface area contributed by atoms with Crippen molar-refractivity contribution in [2.24, 2.45) is 0 Å². The summed E-state index contributed by atoms with van der Waals surface area (Å²) in [6, 6.07) is 7.67. The van der Waals surface area contributed by atoms with E-state index in [-0.39, 0.29) is 6.61 Å². The number of benzene rings is 1. The third kappa shape index (κ3) is 6.95. The summed E-state index contributed by atoms with van der Waals surface area (Å²) in [7, 11) is 0. The summed E-state index contributed by atoms with van der Waals surface area (Å²) in [5.41, 5.74) is 1.50. The Bertz CT molecular complexity index is 444. The minimum Gasteiger partial charge on any atom is -0.444 e. The van der Waals surface area contributed by atoms with Crippen molar-refractivity contribution in [1.82, 2.24) is 5.32 Å². The first-order valence-corrected chi connectivity index (χ1v) is 6.74.